The molecule has 0 N–H and O–H groups in total. The molecule has 28 heavy (non-hydrogen) atoms. The predicted molar refractivity (Wildman–Crippen MR) is 115 cm³/mol. The lowest BCUT2D eigenvalue weighted by Gasteiger charge is -2.57. The van der Waals surface area contributed by atoms with Gasteiger partial charge >= 0.3 is 6.09 Å². The molecule has 0 aromatic heterocycles. The lowest BCUT2D eigenvalue weighted by molar-refractivity contribution is 0.0289. The van der Waals surface area contributed by atoms with Gasteiger partial charge < -0.3 is 4.74 Å². The molecule has 0 bridgehead atoms. The van der Waals surface area contributed by atoms with Crippen LogP contribution in [0.2, 0.25) is 0 Å². The van der Waals surface area contributed by atoms with Crippen LogP contribution >= 0.6 is 0 Å². The summed E-state index contributed by atoms with van der Waals surface area (Å²) >= 11 is 0. The second kappa shape index (κ2) is 6.50. The van der Waals surface area contributed by atoms with Gasteiger partial charge in [0, 0.05) is 5.41 Å². The highest BCUT2D eigenvalue weighted by Gasteiger charge is 2.65. The Morgan fingerprint density at radius 1 is 1.14 bits per heavy atom. The van der Waals surface area contributed by atoms with Crippen molar-refractivity contribution in [3.05, 3.63) is 29.3 Å². The molecule has 2 saturated carbocycles. The number of rotatable bonds is 1. The summed E-state index contributed by atoms with van der Waals surface area (Å²) in [7, 11) is 0. The van der Waals surface area contributed by atoms with Crippen molar-refractivity contribution < 1.29 is 9.53 Å². The Morgan fingerprint density at radius 2 is 1.86 bits per heavy atom. The van der Waals surface area contributed by atoms with E-state index in [4.69, 9.17) is 4.74 Å². The topological polar surface area (TPSA) is 29.5 Å². The lowest BCUT2D eigenvalue weighted by atomic mass is 9.50. The summed E-state index contributed by atoms with van der Waals surface area (Å²) < 4.78 is 5.93. The van der Waals surface area contributed by atoms with Crippen molar-refractivity contribution >= 4 is 11.8 Å². The fraction of sp³-hybridized carbons (Fsp3) is 0.720. The minimum Gasteiger partial charge on any atom is -0.443 e. The van der Waals surface area contributed by atoms with E-state index >= 15 is 0 Å². The monoisotopic (exact) mass is 383 g/mol. The van der Waals surface area contributed by atoms with Crippen LogP contribution in [0.5, 0.6) is 0 Å². The summed E-state index contributed by atoms with van der Waals surface area (Å²) in [5.41, 5.74) is 3.34. The van der Waals surface area contributed by atoms with Gasteiger partial charge in [0.1, 0.15) is 5.60 Å². The number of carbonyl (C=O) groups is 1. The highest BCUT2D eigenvalue weighted by atomic mass is 16.6. The molecule has 1 aromatic carbocycles. The van der Waals surface area contributed by atoms with Crippen molar-refractivity contribution in [2.75, 3.05) is 4.90 Å². The lowest BCUT2D eigenvalue weighted by Crippen LogP contribution is -2.63. The van der Waals surface area contributed by atoms with Crippen LogP contribution in [0.15, 0.2) is 18.2 Å². The van der Waals surface area contributed by atoms with Gasteiger partial charge in [-0.1, -0.05) is 45.2 Å². The van der Waals surface area contributed by atoms with Gasteiger partial charge in [-0.3, -0.25) is 4.90 Å². The van der Waals surface area contributed by atoms with Gasteiger partial charge in [0.25, 0.3) is 0 Å². The molecule has 3 nitrogen and oxygen atoms in total. The fourth-order valence-corrected chi connectivity index (χ4v) is 6.55. The first kappa shape index (κ1) is 19.8. The van der Waals surface area contributed by atoms with E-state index in [9.17, 15) is 4.79 Å². The Bertz CT molecular complexity index is 775. The third-order valence-electron chi connectivity index (χ3n) is 7.73. The van der Waals surface area contributed by atoms with Crippen LogP contribution in [0, 0.1) is 5.92 Å². The van der Waals surface area contributed by atoms with Crippen LogP contribution in [0.3, 0.4) is 0 Å². The molecule has 0 unspecified atom stereocenters. The van der Waals surface area contributed by atoms with Crippen LogP contribution in [0.4, 0.5) is 10.5 Å². The minimum atomic E-state index is -0.484. The van der Waals surface area contributed by atoms with Crippen molar-refractivity contribution in [2.24, 2.45) is 5.92 Å². The number of amides is 1. The summed E-state index contributed by atoms with van der Waals surface area (Å²) in [6.07, 6.45) is 8.47. The van der Waals surface area contributed by atoms with Gasteiger partial charge in [-0.15, -0.1) is 0 Å². The first-order valence-electron chi connectivity index (χ1n) is 11.3. The van der Waals surface area contributed by atoms with Crippen molar-refractivity contribution in [3.8, 4) is 0 Å². The Labute approximate surface area is 170 Å². The zero-order valence-electron chi connectivity index (χ0n) is 18.6. The molecular formula is C25H37NO2. The van der Waals surface area contributed by atoms with E-state index in [-0.39, 0.29) is 17.0 Å². The molecule has 1 aliphatic heterocycles. The van der Waals surface area contributed by atoms with E-state index in [0.29, 0.717) is 11.8 Å². The van der Waals surface area contributed by atoms with E-state index in [1.807, 2.05) is 20.8 Å². The van der Waals surface area contributed by atoms with Gasteiger partial charge in [-0.25, -0.2) is 4.79 Å². The number of carbonyl (C=O) groups excluding carboxylic acids is 1. The SMILES string of the molecule is CC(C)c1ccc2c(c1)[C@]13CCCC[C@@H]1CCC[C@@]3(C)N2C(=O)OC(C)(C)C. The number of ether oxygens (including phenoxy) is 1. The molecule has 1 aromatic rings. The van der Waals surface area contributed by atoms with Crippen molar-refractivity contribution in [1.82, 2.24) is 0 Å². The summed E-state index contributed by atoms with van der Waals surface area (Å²) in [4.78, 5) is 15.5. The number of nitrogens with zero attached hydrogens (tertiary/aromatic N) is 1. The third-order valence-corrected chi connectivity index (χ3v) is 7.73. The quantitative estimate of drug-likeness (QED) is 0.526. The number of benzene rings is 1. The molecule has 3 aliphatic rings. The van der Waals surface area contributed by atoms with E-state index in [0.717, 1.165) is 12.1 Å². The number of hydrogen-bond donors (Lipinski definition) is 0. The molecule has 154 valence electrons. The molecular weight excluding hydrogens is 346 g/mol. The van der Waals surface area contributed by atoms with Crippen LogP contribution in [0.25, 0.3) is 0 Å². The third kappa shape index (κ3) is 2.72. The van der Waals surface area contributed by atoms with Crippen molar-refractivity contribution in [1.29, 1.82) is 0 Å². The molecule has 1 amide bonds. The first-order valence-corrected chi connectivity index (χ1v) is 11.3. The zero-order valence-corrected chi connectivity index (χ0v) is 18.6. The molecule has 3 atom stereocenters. The average Bonchev–Trinajstić information content (AvgIpc) is 2.83. The maximum absolute atomic E-state index is 13.5. The molecule has 4 rings (SSSR count). The van der Waals surface area contributed by atoms with E-state index in [1.54, 1.807) is 0 Å². The molecule has 2 fully saturated rings. The Morgan fingerprint density at radius 3 is 2.54 bits per heavy atom. The molecule has 0 radical (unpaired) electrons. The van der Waals surface area contributed by atoms with Crippen LogP contribution in [-0.4, -0.2) is 17.2 Å². The van der Waals surface area contributed by atoms with E-state index in [2.05, 4.69) is 43.9 Å². The van der Waals surface area contributed by atoms with Crippen LogP contribution in [0.1, 0.15) is 104 Å². The Balaban J connectivity index is 1.91. The van der Waals surface area contributed by atoms with Crippen molar-refractivity contribution in [2.45, 2.75) is 109 Å². The highest BCUT2D eigenvalue weighted by Crippen LogP contribution is 2.65. The molecule has 0 saturated heterocycles. The Hall–Kier alpha value is -1.51. The molecule has 1 heterocycles. The minimum absolute atomic E-state index is 0.0840. The second-order valence-electron chi connectivity index (χ2n) is 10.8. The Kier molecular flexibility index (Phi) is 4.60. The van der Waals surface area contributed by atoms with Crippen LogP contribution in [-0.2, 0) is 10.2 Å². The largest absolute Gasteiger partial charge is 0.443 e. The maximum atomic E-state index is 13.5. The zero-order chi connectivity index (χ0) is 20.3. The molecule has 1 spiro atoms. The summed E-state index contributed by atoms with van der Waals surface area (Å²) in [6.45, 7) is 12.8. The second-order valence-corrected chi connectivity index (χ2v) is 10.8. The van der Waals surface area contributed by atoms with Gasteiger partial charge in [0.15, 0.2) is 0 Å². The molecule has 3 heteroatoms. The molecule has 2 aliphatic carbocycles. The summed E-state index contributed by atoms with van der Waals surface area (Å²) in [6, 6.07) is 6.86. The van der Waals surface area contributed by atoms with Gasteiger partial charge in [0.2, 0.25) is 0 Å². The average molecular weight is 384 g/mol. The maximum Gasteiger partial charge on any atom is 0.415 e. The first-order chi connectivity index (χ1) is 13.1. The van der Waals surface area contributed by atoms with Gasteiger partial charge in [-0.05, 0) is 82.4 Å². The van der Waals surface area contributed by atoms with Gasteiger partial charge in [-0.2, -0.15) is 0 Å². The van der Waals surface area contributed by atoms with Gasteiger partial charge in [0.05, 0.1) is 11.2 Å². The highest BCUT2D eigenvalue weighted by molar-refractivity contribution is 5.94. The summed E-state index contributed by atoms with van der Waals surface area (Å²) in [5, 5.41) is 0. The predicted octanol–water partition coefficient (Wildman–Crippen LogP) is 6.94. The van der Waals surface area contributed by atoms with E-state index < -0.39 is 5.60 Å². The smallest absolute Gasteiger partial charge is 0.415 e. The number of hydrogen-bond acceptors (Lipinski definition) is 2. The summed E-state index contributed by atoms with van der Waals surface area (Å²) in [5.74, 6) is 1.17. The normalized spacial score (nSPS) is 32.0. The van der Waals surface area contributed by atoms with E-state index in [1.165, 1.54) is 49.7 Å². The standard InChI is InChI=1S/C25H37NO2/c1-17(2)18-12-13-21-20(16-18)25-15-8-7-10-19(25)11-9-14-24(25,6)26(21)22(27)28-23(3,4)5/h12-13,16-17,19H,7-11,14-15H2,1-6H3/t19-,24-,25+/m1/s1. The number of anilines is 1. The fourth-order valence-electron chi connectivity index (χ4n) is 6.55. The number of fused-ring (bicyclic) bond motifs is 1. The van der Waals surface area contributed by atoms with Crippen LogP contribution < -0.4 is 4.90 Å². The van der Waals surface area contributed by atoms with Crippen molar-refractivity contribution in [3.63, 3.8) is 0 Å².